The molecule has 4 bridgehead atoms. The van der Waals surface area contributed by atoms with E-state index in [1.807, 2.05) is 0 Å². The van der Waals surface area contributed by atoms with Crippen LogP contribution in [0.1, 0.15) is 12.8 Å². The summed E-state index contributed by atoms with van der Waals surface area (Å²) in [4.78, 5) is 0. The predicted octanol–water partition coefficient (Wildman–Crippen LogP) is 2.38. The highest BCUT2D eigenvalue weighted by Crippen LogP contribution is 2.58. The summed E-state index contributed by atoms with van der Waals surface area (Å²) in [5, 5.41) is 0. The van der Waals surface area contributed by atoms with E-state index in [2.05, 4.69) is 18.7 Å². The summed E-state index contributed by atoms with van der Waals surface area (Å²) >= 11 is 0. The van der Waals surface area contributed by atoms with Crippen molar-refractivity contribution in [3.05, 3.63) is 24.3 Å². The molecule has 4 unspecified atom stereocenters. The van der Waals surface area contributed by atoms with Crippen LogP contribution in [0.15, 0.2) is 24.3 Å². The van der Waals surface area contributed by atoms with Gasteiger partial charge in [0.2, 0.25) is 0 Å². The molecule has 0 N–H and O–H groups in total. The minimum Gasteiger partial charge on any atom is -0.0993 e. The van der Waals surface area contributed by atoms with Crippen LogP contribution in [0.3, 0.4) is 0 Å². The molecule has 0 spiro atoms. The quantitative estimate of drug-likeness (QED) is 0.444. The smallest absolute Gasteiger partial charge is 0.0134 e. The zero-order chi connectivity index (χ0) is 6.72. The molecular weight excluding hydrogens is 120 g/mol. The van der Waals surface area contributed by atoms with E-state index in [9.17, 15) is 0 Å². The van der Waals surface area contributed by atoms with Crippen molar-refractivity contribution in [3.8, 4) is 0 Å². The summed E-state index contributed by atoms with van der Waals surface area (Å²) in [6.45, 7) is 4.18. The maximum absolute atomic E-state index is 4.18. The molecule has 0 heterocycles. The standard InChI is InChI=1S/C10H12/c1-6-9-5-8-3-2-7(9)4-10(6)8/h2-3,7-10H,1,4-5H2. The van der Waals surface area contributed by atoms with Crippen LogP contribution in [0.2, 0.25) is 0 Å². The van der Waals surface area contributed by atoms with Gasteiger partial charge in [0.1, 0.15) is 0 Å². The molecule has 10 heavy (non-hydrogen) atoms. The summed E-state index contributed by atoms with van der Waals surface area (Å²) in [7, 11) is 0. The predicted molar refractivity (Wildman–Crippen MR) is 41.5 cm³/mol. The Morgan fingerprint density at radius 1 is 1.10 bits per heavy atom. The molecule has 2 fully saturated rings. The molecule has 0 aromatic heterocycles. The summed E-state index contributed by atoms with van der Waals surface area (Å²) in [5.41, 5.74) is 1.57. The summed E-state index contributed by atoms with van der Waals surface area (Å²) in [6.07, 6.45) is 7.69. The first-order chi connectivity index (χ1) is 4.86. The van der Waals surface area contributed by atoms with Crippen molar-refractivity contribution >= 4 is 0 Å². The van der Waals surface area contributed by atoms with Gasteiger partial charge in [0.05, 0.1) is 0 Å². The van der Waals surface area contributed by atoms with Crippen LogP contribution in [0.25, 0.3) is 0 Å². The third kappa shape index (κ3) is 0.387. The lowest BCUT2D eigenvalue weighted by Crippen LogP contribution is -2.19. The first-order valence-electron chi connectivity index (χ1n) is 4.23. The fourth-order valence-corrected chi connectivity index (χ4v) is 3.10. The van der Waals surface area contributed by atoms with Crippen LogP contribution in [-0.4, -0.2) is 0 Å². The average molecular weight is 132 g/mol. The molecule has 4 aliphatic carbocycles. The molecule has 0 heteroatoms. The maximum Gasteiger partial charge on any atom is -0.0134 e. The van der Waals surface area contributed by atoms with Crippen molar-refractivity contribution in [3.63, 3.8) is 0 Å². The maximum atomic E-state index is 4.18. The Labute approximate surface area is 61.6 Å². The zero-order valence-corrected chi connectivity index (χ0v) is 6.09. The lowest BCUT2D eigenvalue weighted by molar-refractivity contribution is 0.309. The van der Waals surface area contributed by atoms with Crippen LogP contribution in [0, 0.1) is 23.7 Å². The van der Waals surface area contributed by atoms with Crippen molar-refractivity contribution < 1.29 is 0 Å². The fraction of sp³-hybridized carbons (Fsp3) is 0.600. The van der Waals surface area contributed by atoms with Crippen LogP contribution < -0.4 is 0 Å². The molecule has 52 valence electrons. The first-order valence-corrected chi connectivity index (χ1v) is 4.23. The van der Waals surface area contributed by atoms with Gasteiger partial charge in [-0.2, -0.15) is 0 Å². The molecule has 0 aromatic rings. The Hall–Kier alpha value is -0.520. The number of rotatable bonds is 0. The van der Waals surface area contributed by atoms with E-state index in [-0.39, 0.29) is 0 Å². The third-order valence-electron chi connectivity index (χ3n) is 3.64. The number of allylic oxidation sites excluding steroid dienone is 3. The van der Waals surface area contributed by atoms with Crippen molar-refractivity contribution in [2.45, 2.75) is 12.8 Å². The van der Waals surface area contributed by atoms with Crippen molar-refractivity contribution in [2.24, 2.45) is 23.7 Å². The minimum atomic E-state index is 0.889. The molecule has 0 saturated heterocycles. The van der Waals surface area contributed by atoms with Crippen LogP contribution in [0.4, 0.5) is 0 Å². The molecule has 0 aliphatic heterocycles. The first kappa shape index (κ1) is 5.17. The minimum absolute atomic E-state index is 0.889. The topological polar surface area (TPSA) is 0 Å². The Balaban J connectivity index is 2.18. The number of hydrogen-bond donors (Lipinski definition) is 0. The highest BCUT2D eigenvalue weighted by molar-refractivity contribution is 5.30. The van der Waals surface area contributed by atoms with Gasteiger partial charge in [0.15, 0.2) is 0 Å². The SMILES string of the molecule is C=C1C2CC3C=CC2CC13. The largest absolute Gasteiger partial charge is 0.0993 e. The highest BCUT2D eigenvalue weighted by Gasteiger charge is 2.49. The van der Waals surface area contributed by atoms with Gasteiger partial charge in [-0.25, -0.2) is 0 Å². The van der Waals surface area contributed by atoms with E-state index in [4.69, 9.17) is 0 Å². The monoisotopic (exact) mass is 132 g/mol. The van der Waals surface area contributed by atoms with Crippen LogP contribution in [-0.2, 0) is 0 Å². The molecular formula is C10H12. The van der Waals surface area contributed by atoms with Gasteiger partial charge < -0.3 is 0 Å². The molecule has 0 nitrogen and oxygen atoms in total. The Kier molecular flexibility index (Phi) is 0.719. The van der Waals surface area contributed by atoms with Gasteiger partial charge in [-0.3, -0.25) is 0 Å². The van der Waals surface area contributed by atoms with Crippen molar-refractivity contribution in [2.75, 3.05) is 0 Å². The fourth-order valence-electron chi connectivity index (χ4n) is 3.10. The van der Waals surface area contributed by atoms with E-state index in [1.165, 1.54) is 12.8 Å². The highest BCUT2D eigenvalue weighted by atomic mass is 14.5. The number of hydrogen-bond acceptors (Lipinski definition) is 0. The molecule has 2 saturated carbocycles. The van der Waals surface area contributed by atoms with Crippen LogP contribution >= 0.6 is 0 Å². The lowest BCUT2D eigenvalue weighted by Gasteiger charge is -2.28. The van der Waals surface area contributed by atoms with Crippen LogP contribution in [0.5, 0.6) is 0 Å². The third-order valence-corrected chi connectivity index (χ3v) is 3.64. The van der Waals surface area contributed by atoms with Gasteiger partial charge in [0, 0.05) is 0 Å². The van der Waals surface area contributed by atoms with Gasteiger partial charge in [-0.1, -0.05) is 24.3 Å². The molecule has 4 aliphatic rings. The van der Waals surface area contributed by atoms with E-state index in [1.54, 1.807) is 5.57 Å². The summed E-state index contributed by atoms with van der Waals surface area (Å²) < 4.78 is 0. The van der Waals surface area contributed by atoms with E-state index in [0.717, 1.165) is 23.7 Å². The molecule has 4 rings (SSSR count). The van der Waals surface area contributed by atoms with E-state index >= 15 is 0 Å². The average Bonchev–Trinajstić information content (AvgIpc) is 2.42. The Morgan fingerprint density at radius 3 is 1.90 bits per heavy atom. The normalized spacial score (nSPS) is 55.0. The Bertz CT molecular complexity index is 202. The Morgan fingerprint density at radius 2 is 1.60 bits per heavy atom. The molecule has 0 amide bonds. The van der Waals surface area contributed by atoms with Gasteiger partial charge in [0.25, 0.3) is 0 Å². The summed E-state index contributed by atoms with van der Waals surface area (Å²) in [6, 6.07) is 0. The van der Waals surface area contributed by atoms with E-state index < -0.39 is 0 Å². The second-order valence-corrected chi connectivity index (χ2v) is 3.97. The van der Waals surface area contributed by atoms with Crippen molar-refractivity contribution in [1.82, 2.24) is 0 Å². The van der Waals surface area contributed by atoms with Gasteiger partial charge in [-0.05, 0) is 36.5 Å². The second kappa shape index (κ2) is 1.39. The van der Waals surface area contributed by atoms with Gasteiger partial charge in [-0.15, -0.1) is 0 Å². The zero-order valence-electron chi connectivity index (χ0n) is 6.09. The van der Waals surface area contributed by atoms with Gasteiger partial charge >= 0.3 is 0 Å². The molecule has 4 atom stereocenters. The summed E-state index contributed by atoms with van der Waals surface area (Å²) in [5.74, 6) is 3.56. The second-order valence-electron chi connectivity index (χ2n) is 3.97. The van der Waals surface area contributed by atoms with E-state index in [0.29, 0.717) is 0 Å². The molecule has 0 radical (unpaired) electrons. The van der Waals surface area contributed by atoms with Crippen molar-refractivity contribution in [1.29, 1.82) is 0 Å². The molecule has 0 aromatic carbocycles. The lowest BCUT2D eigenvalue weighted by atomic mass is 9.76.